The van der Waals surface area contributed by atoms with Gasteiger partial charge in [-0.05, 0) is 20.8 Å². The van der Waals surface area contributed by atoms with Gasteiger partial charge in [0.1, 0.15) is 5.60 Å². The maximum Gasteiger partial charge on any atom is 0.412 e. The SMILES string of the molecule is COc1cc(NC(=O)OC(C)(C)C)cc(OC)c1O. The first-order chi connectivity index (χ1) is 8.76. The Hall–Kier alpha value is -2.11. The maximum absolute atomic E-state index is 11.6. The number of nitrogens with one attached hydrogen (secondary N) is 1. The number of carbonyl (C=O) groups excluding carboxylic acids is 1. The standard InChI is InChI=1S/C13H19NO5/c1-13(2,3)19-12(16)14-8-6-9(17-4)11(15)10(7-8)18-5/h6-7,15H,1-5H3,(H,14,16). The van der Waals surface area contributed by atoms with Crippen molar-refractivity contribution in [3.8, 4) is 17.2 Å². The number of carbonyl (C=O) groups is 1. The summed E-state index contributed by atoms with van der Waals surface area (Å²) >= 11 is 0. The lowest BCUT2D eigenvalue weighted by atomic mass is 10.2. The summed E-state index contributed by atoms with van der Waals surface area (Å²) in [5.41, 5.74) is -0.185. The number of amides is 1. The predicted octanol–water partition coefficient (Wildman–Crippen LogP) is 2.76. The quantitative estimate of drug-likeness (QED) is 0.825. The zero-order valence-corrected chi connectivity index (χ0v) is 11.7. The fourth-order valence-electron chi connectivity index (χ4n) is 1.39. The Kier molecular flexibility index (Phi) is 4.47. The molecule has 0 spiro atoms. The van der Waals surface area contributed by atoms with Gasteiger partial charge in [0.25, 0.3) is 0 Å². The Balaban J connectivity index is 2.93. The second kappa shape index (κ2) is 5.69. The van der Waals surface area contributed by atoms with Crippen molar-refractivity contribution in [2.75, 3.05) is 19.5 Å². The number of methoxy groups -OCH3 is 2. The largest absolute Gasteiger partial charge is 0.502 e. The van der Waals surface area contributed by atoms with Crippen molar-refractivity contribution in [3.63, 3.8) is 0 Å². The first-order valence-corrected chi connectivity index (χ1v) is 5.72. The van der Waals surface area contributed by atoms with E-state index < -0.39 is 11.7 Å². The molecule has 19 heavy (non-hydrogen) atoms. The van der Waals surface area contributed by atoms with E-state index in [1.54, 1.807) is 20.8 Å². The molecular weight excluding hydrogens is 250 g/mol. The van der Waals surface area contributed by atoms with Crippen molar-refractivity contribution in [1.82, 2.24) is 0 Å². The third-order valence-electron chi connectivity index (χ3n) is 2.13. The smallest absolute Gasteiger partial charge is 0.412 e. The molecule has 0 radical (unpaired) electrons. The van der Waals surface area contributed by atoms with Gasteiger partial charge in [-0.15, -0.1) is 0 Å². The lowest BCUT2D eigenvalue weighted by molar-refractivity contribution is 0.0636. The number of anilines is 1. The topological polar surface area (TPSA) is 77.0 Å². The number of rotatable bonds is 3. The average molecular weight is 269 g/mol. The first-order valence-electron chi connectivity index (χ1n) is 5.72. The zero-order valence-electron chi connectivity index (χ0n) is 11.7. The average Bonchev–Trinajstić information content (AvgIpc) is 2.28. The molecule has 1 rings (SSSR count). The molecule has 0 atom stereocenters. The Morgan fingerprint density at radius 2 is 1.63 bits per heavy atom. The highest BCUT2D eigenvalue weighted by atomic mass is 16.6. The van der Waals surface area contributed by atoms with Gasteiger partial charge in [-0.1, -0.05) is 0 Å². The van der Waals surface area contributed by atoms with Crippen molar-refractivity contribution in [2.24, 2.45) is 0 Å². The summed E-state index contributed by atoms with van der Waals surface area (Å²) in [6.07, 6.45) is -0.595. The van der Waals surface area contributed by atoms with Crippen LogP contribution in [0.1, 0.15) is 20.8 Å². The summed E-state index contributed by atoms with van der Waals surface area (Å²) in [4.78, 5) is 11.6. The number of ether oxygens (including phenoxy) is 3. The van der Waals surface area contributed by atoms with Gasteiger partial charge >= 0.3 is 6.09 Å². The molecule has 6 heteroatoms. The molecule has 6 nitrogen and oxygen atoms in total. The normalized spacial score (nSPS) is 10.8. The van der Waals surface area contributed by atoms with Gasteiger partial charge in [0.2, 0.25) is 5.75 Å². The number of hydrogen-bond acceptors (Lipinski definition) is 5. The van der Waals surface area contributed by atoms with Gasteiger partial charge in [0.05, 0.1) is 19.9 Å². The predicted molar refractivity (Wildman–Crippen MR) is 71.1 cm³/mol. The van der Waals surface area contributed by atoms with Crippen LogP contribution in [0, 0.1) is 0 Å². The molecule has 0 saturated heterocycles. The van der Waals surface area contributed by atoms with E-state index in [-0.39, 0.29) is 17.2 Å². The molecule has 106 valence electrons. The van der Waals surface area contributed by atoms with Crippen LogP contribution in [0.2, 0.25) is 0 Å². The number of hydrogen-bond donors (Lipinski definition) is 2. The molecule has 0 aliphatic carbocycles. The van der Waals surface area contributed by atoms with Crippen LogP contribution in [0.3, 0.4) is 0 Å². The van der Waals surface area contributed by atoms with Crippen LogP contribution in [0.4, 0.5) is 10.5 Å². The Bertz CT molecular complexity index is 440. The summed E-state index contributed by atoms with van der Waals surface area (Å²) in [7, 11) is 2.82. The number of aromatic hydroxyl groups is 1. The Labute approximate surface area is 112 Å². The van der Waals surface area contributed by atoms with E-state index in [0.717, 1.165) is 0 Å². The van der Waals surface area contributed by atoms with Gasteiger partial charge in [-0.3, -0.25) is 5.32 Å². The van der Waals surface area contributed by atoms with E-state index in [9.17, 15) is 9.90 Å². The van der Waals surface area contributed by atoms with Crippen LogP contribution in [-0.4, -0.2) is 31.0 Å². The van der Waals surface area contributed by atoms with E-state index in [2.05, 4.69) is 5.32 Å². The van der Waals surface area contributed by atoms with Gasteiger partial charge in [-0.2, -0.15) is 0 Å². The molecule has 1 aromatic rings. The van der Waals surface area contributed by atoms with Crippen LogP contribution < -0.4 is 14.8 Å². The summed E-state index contributed by atoms with van der Waals surface area (Å²) in [6.45, 7) is 5.31. The van der Waals surface area contributed by atoms with Crippen LogP contribution in [0.15, 0.2) is 12.1 Å². The third kappa shape index (κ3) is 4.24. The fourth-order valence-corrected chi connectivity index (χ4v) is 1.39. The summed E-state index contributed by atoms with van der Waals surface area (Å²) in [6, 6.07) is 2.95. The monoisotopic (exact) mass is 269 g/mol. The van der Waals surface area contributed by atoms with E-state index in [4.69, 9.17) is 14.2 Å². The van der Waals surface area contributed by atoms with Gasteiger partial charge in [0, 0.05) is 12.1 Å². The molecule has 1 aromatic carbocycles. The maximum atomic E-state index is 11.6. The van der Waals surface area contributed by atoms with Crippen molar-refractivity contribution < 1.29 is 24.1 Å². The molecule has 0 bridgehead atoms. The summed E-state index contributed by atoms with van der Waals surface area (Å²) in [5, 5.41) is 12.3. The molecular formula is C13H19NO5. The second-order valence-corrected chi connectivity index (χ2v) is 4.86. The summed E-state index contributed by atoms with van der Waals surface area (Å²) in [5.74, 6) is 0.274. The lowest BCUT2D eigenvalue weighted by Gasteiger charge is -2.20. The van der Waals surface area contributed by atoms with Crippen molar-refractivity contribution in [3.05, 3.63) is 12.1 Å². The minimum absolute atomic E-state index is 0.125. The Morgan fingerprint density at radius 3 is 2.00 bits per heavy atom. The Morgan fingerprint density at radius 1 is 1.16 bits per heavy atom. The minimum Gasteiger partial charge on any atom is -0.502 e. The van der Waals surface area contributed by atoms with E-state index in [0.29, 0.717) is 5.69 Å². The van der Waals surface area contributed by atoms with Crippen molar-refractivity contribution >= 4 is 11.8 Å². The van der Waals surface area contributed by atoms with Gasteiger partial charge in [-0.25, -0.2) is 4.79 Å². The molecule has 0 heterocycles. The van der Waals surface area contributed by atoms with E-state index in [1.165, 1.54) is 26.4 Å². The fraction of sp³-hybridized carbons (Fsp3) is 0.462. The van der Waals surface area contributed by atoms with Crippen LogP contribution >= 0.6 is 0 Å². The molecule has 0 aromatic heterocycles. The van der Waals surface area contributed by atoms with Gasteiger partial charge in [0.15, 0.2) is 11.5 Å². The molecule has 0 aliphatic rings. The van der Waals surface area contributed by atoms with Crippen molar-refractivity contribution in [1.29, 1.82) is 0 Å². The minimum atomic E-state index is -0.595. The molecule has 0 saturated carbocycles. The van der Waals surface area contributed by atoms with Crippen LogP contribution in [0.5, 0.6) is 17.2 Å². The van der Waals surface area contributed by atoms with Gasteiger partial charge < -0.3 is 19.3 Å². The molecule has 2 N–H and O–H groups in total. The molecule has 0 aliphatic heterocycles. The molecule has 1 amide bonds. The van der Waals surface area contributed by atoms with Crippen molar-refractivity contribution in [2.45, 2.75) is 26.4 Å². The van der Waals surface area contributed by atoms with Crippen LogP contribution in [-0.2, 0) is 4.74 Å². The number of benzene rings is 1. The number of phenolic OH excluding ortho intramolecular Hbond substituents is 1. The number of phenols is 1. The van der Waals surface area contributed by atoms with E-state index >= 15 is 0 Å². The second-order valence-electron chi connectivity index (χ2n) is 4.86. The first kappa shape index (κ1) is 14.9. The highest BCUT2D eigenvalue weighted by Crippen LogP contribution is 2.38. The molecule has 0 fully saturated rings. The lowest BCUT2D eigenvalue weighted by Crippen LogP contribution is -2.27. The molecule has 0 unspecified atom stereocenters. The van der Waals surface area contributed by atoms with E-state index in [1.807, 2.05) is 0 Å². The summed E-state index contributed by atoms with van der Waals surface area (Å²) < 4.78 is 15.1. The highest BCUT2D eigenvalue weighted by molar-refractivity contribution is 5.86. The zero-order chi connectivity index (χ0) is 14.6. The highest BCUT2D eigenvalue weighted by Gasteiger charge is 2.18. The van der Waals surface area contributed by atoms with Crippen LogP contribution in [0.25, 0.3) is 0 Å². The third-order valence-corrected chi connectivity index (χ3v) is 2.13.